The van der Waals surface area contributed by atoms with Crippen molar-refractivity contribution in [1.29, 1.82) is 0 Å². The maximum Gasteiger partial charge on any atom is 0.305 e. The Labute approximate surface area is 402 Å². The molecule has 0 aromatic carbocycles. The zero-order chi connectivity index (χ0) is 46.7. The summed E-state index contributed by atoms with van der Waals surface area (Å²) < 4.78 is 22.5. The first kappa shape index (κ1) is 63.0. The largest absolute Gasteiger partial charge is 0.463 e. The van der Waals surface area contributed by atoms with Crippen molar-refractivity contribution in [3.63, 3.8) is 0 Å². The molecular weight excluding hydrogens is 822 g/mol. The van der Waals surface area contributed by atoms with Crippen molar-refractivity contribution >= 4 is 23.5 Å². The zero-order valence-corrected chi connectivity index (χ0v) is 43.9. The predicted octanol–water partition coefficient (Wildman–Crippen LogP) is 13.8. The summed E-state index contributed by atoms with van der Waals surface area (Å²) >= 11 is 6.14. The van der Waals surface area contributed by atoms with Gasteiger partial charge in [-0.05, 0) is 90.6 Å². The lowest BCUT2D eigenvalue weighted by molar-refractivity contribution is -0.146. The van der Waals surface area contributed by atoms with Gasteiger partial charge in [-0.2, -0.15) is 0 Å². The molecule has 0 radical (unpaired) electrons. The fourth-order valence-corrected chi connectivity index (χ4v) is 8.56. The lowest BCUT2D eigenvalue weighted by atomic mass is 10.1. The second kappa shape index (κ2) is 53.0. The van der Waals surface area contributed by atoms with E-state index in [-0.39, 0.29) is 11.9 Å². The fourth-order valence-electron chi connectivity index (χ4n) is 8.32. The van der Waals surface area contributed by atoms with Crippen LogP contribution in [0.25, 0.3) is 0 Å². The molecule has 0 bridgehead atoms. The summed E-state index contributed by atoms with van der Waals surface area (Å²) in [6, 6.07) is 0. The summed E-state index contributed by atoms with van der Waals surface area (Å²) in [6.07, 6.45) is 38.2. The van der Waals surface area contributed by atoms with Crippen molar-refractivity contribution in [2.75, 3.05) is 104 Å². The average molecular weight is 931 g/mol. The Kier molecular flexibility index (Phi) is 52.2. The van der Waals surface area contributed by atoms with E-state index in [0.717, 1.165) is 58.4 Å². The molecule has 0 N–H and O–H groups in total. The summed E-state index contributed by atoms with van der Waals surface area (Å²) in [5, 5.41) is 0. The Morgan fingerprint density at radius 2 is 0.578 bits per heavy atom. The van der Waals surface area contributed by atoms with Gasteiger partial charge < -0.3 is 33.6 Å². The van der Waals surface area contributed by atoms with Crippen LogP contribution in [-0.2, 0) is 28.5 Å². The lowest BCUT2D eigenvalue weighted by Gasteiger charge is -2.22. The van der Waals surface area contributed by atoms with Crippen molar-refractivity contribution in [2.24, 2.45) is 0 Å². The van der Waals surface area contributed by atoms with Crippen LogP contribution >= 0.6 is 11.6 Å². The number of unbranched alkanes of at least 4 members (excludes halogenated alkanes) is 24. The van der Waals surface area contributed by atoms with Crippen LogP contribution in [-0.4, -0.2) is 131 Å². The Morgan fingerprint density at radius 3 is 0.875 bits per heavy atom. The van der Waals surface area contributed by atoms with Crippen LogP contribution in [0.3, 0.4) is 0 Å². The first-order chi connectivity index (χ1) is 31.5. The molecule has 0 atom stereocenters. The summed E-state index contributed by atoms with van der Waals surface area (Å²) in [5.41, 5.74) is 0. The third kappa shape index (κ3) is 47.5. The Balaban J connectivity index is 3.75. The molecule has 0 spiro atoms. The third-order valence-corrected chi connectivity index (χ3v) is 12.7. The maximum absolute atomic E-state index is 12.2. The van der Waals surface area contributed by atoms with Crippen LogP contribution in [0.1, 0.15) is 233 Å². The third-order valence-electron chi connectivity index (χ3n) is 12.5. The van der Waals surface area contributed by atoms with Crippen molar-refractivity contribution < 1.29 is 28.5 Å². The van der Waals surface area contributed by atoms with E-state index in [9.17, 15) is 9.59 Å². The van der Waals surface area contributed by atoms with E-state index in [0.29, 0.717) is 58.4 Å². The second-order valence-electron chi connectivity index (χ2n) is 18.6. The number of hydrogen-bond acceptors (Lipinski definition) is 9. The molecule has 382 valence electrons. The number of alkyl halides is 1. The number of halogens is 1. The average Bonchev–Trinajstić information content (AvgIpc) is 3.29. The number of nitrogens with zero attached hydrogens (tertiary/aromatic N) is 3. The minimum absolute atomic E-state index is 0.0865. The van der Waals surface area contributed by atoms with Crippen molar-refractivity contribution in [3.8, 4) is 0 Å². The molecule has 0 aliphatic rings. The molecule has 0 saturated heterocycles. The van der Waals surface area contributed by atoms with Gasteiger partial charge in [-0.25, -0.2) is 0 Å². The van der Waals surface area contributed by atoms with E-state index in [2.05, 4.69) is 42.4 Å². The number of carbonyl (C=O) groups excluding carboxylic acids is 2. The number of ether oxygens (including phenoxy) is 4. The van der Waals surface area contributed by atoms with Gasteiger partial charge in [-0.15, -0.1) is 11.6 Å². The predicted molar refractivity (Wildman–Crippen MR) is 274 cm³/mol. The van der Waals surface area contributed by atoms with Crippen LogP contribution < -0.4 is 0 Å². The molecule has 0 aliphatic carbocycles. The minimum Gasteiger partial charge on any atom is -0.463 e. The van der Waals surface area contributed by atoms with E-state index < -0.39 is 0 Å². The molecular formula is C54H108ClN3O6. The number of rotatable bonds is 54. The topological polar surface area (TPSA) is 80.8 Å². The van der Waals surface area contributed by atoms with Gasteiger partial charge in [0.1, 0.15) is 13.2 Å². The molecule has 10 heteroatoms. The van der Waals surface area contributed by atoms with Crippen LogP contribution in [0.5, 0.6) is 0 Å². The Bertz CT molecular complexity index is 855. The quantitative estimate of drug-likeness (QED) is 0.0336. The van der Waals surface area contributed by atoms with E-state index in [1.54, 1.807) is 0 Å². The molecule has 64 heavy (non-hydrogen) atoms. The highest BCUT2D eigenvalue weighted by molar-refractivity contribution is 6.18. The van der Waals surface area contributed by atoms with E-state index in [1.807, 2.05) is 0 Å². The van der Waals surface area contributed by atoms with Gasteiger partial charge >= 0.3 is 11.9 Å². The summed E-state index contributed by atoms with van der Waals surface area (Å²) in [5.74, 6) is 0.521. The fraction of sp³-hybridized carbons (Fsp3) is 0.963. The molecule has 0 fully saturated rings. The Morgan fingerprint density at radius 1 is 0.312 bits per heavy atom. The van der Waals surface area contributed by atoms with Gasteiger partial charge in [-0.3, -0.25) is 9.59 Å². The van der Waals surface area contributed by atoms with Gasteiger partial charge in [-0.1, -0.05) is 169 Å². The molecule has 0 aromatic heterocycles. The molecule has 0 aromatic rings. The number of carbonyl (C=O) groups is 2. The molecule has 0 aliphatic heterocycles. The molecule has 9 nitrogen and oxygen atoms in total. The monoisotopic (exact) mass is 930 g/mol. The van der Waals surface area contributed by atoms with Gasteiger partial charge in [0.05, 0.1) is 26.4 Å². The number of esters is 2. The lowest BCUT2D eigenvalue weighted by Crippen LogP contribution is -2.30. The van der Waals surface area contributed by atoms with Gasteiger partial charge in [0.25, 0.3) is 0 Å². The van der Waals surface area contributed by atoms with Crippen molar-refractivity contribution in [3.05, 3.63) is 0 Å². The van der Waals surface area contributed by atoms with Crippen molar-refractivity contribution in [1.82, 2.24) is 14.7 Å². The SMILES string of the molecule is CCCCCCN(CCCCCC)CCOCCOC(=O)CCCCCCCCCN(CCCl)CCCCCCCCCC(=O)OCCOCCN(CCCCCC)CCCCCC. The van der Waals surface area contributed by atoms with E-state index >= 15 is 0 Å². The normalized spacial score (nSPS) is 11.8. The van der Waals surface area contributed by atoms with Gasteiger partial charge in [0.15, 0.2) is 0 Å². The van der Waals surface area contributed by atoms with Crippen LogP contribution in [0.2, 0.25) is 0 Å². The number of hydrogen-bond donors (Lipinski definition) is 0. The molecule has 0 amide bonds. The zero-order valence-electron chi connectivity index (χ0n) is 43.1. The Hall–Kier alpha value is -0.970. The highest BCUT2D eigenvalue weighted by Gasteiger charge is 2.09. The molecule has 0 rings (SSSR count). The standard InChI is InChI=1S/C54H108ClN3O6/c1-5-9-13-29-40-57(41-30-14-10-6-2)45-47-61-49-51-63-53(59)35-27-23-19-17-21-25-33-38-56(44-37-55)39-34-26-22-18-20-24-28-36-54(60)64-52-50-62-48-46-58(42-31-15-11-7-3)43-32-16-12-8-4/h5-52H2,1-4H3. The van der Waals surface area contributed by atoms with E-state index in [1.165, 1.54) is 193 Å². The smallest absolute Gasteiger partial charge is 0.305 e. The summed E-state index contributed by atoms with van der Waals surface area (Å²) in [6.45, 7) is 22.0. The molecule has 0 heterocycles. The molecule has 0 unspecified atom stereocenters. The van der Waals surface area contributed by atoms with E-state index in [4.69, 9.17) is 30.5 Å². The molecule has 0 saturated carbocycles. The minimum atomic E-state index is -0.0865. The van der Waals surface area contributed by atoms with Crippen molar-refractivity contribution in [2.45, 2.75) is 233 Å². The van der Waals surface area contributed by atoms with Crippen LogP contribution in [0.4, 0.5) is 0 Å². The summed E-state index contributed by atoms with van der Waals surface area (Å²) in [4.78, 5) is 32.1. The summed E-state index contributed by atoms with van der Waals surface area (Å²) in [7, 11) is 0. The first-order valence-electron chi connectivity index (χ1n) is 27.7. The highest BCUT2D eigenvalue weighted by atomic mass is 35.5. The first-order valence-corrected chi connectivity index (χ1v) is 28.2. The van der Waals surface area contributed by atoms with Crippen LogP contribution in [0.15, 0.2) is 0 Å². The second-order valence-corrected chi connectivity index (χ2v) is 18.9. The van der Waals surface area contributed by atoms with Gasteiger partial charge in [0.2, 0.25) is 0 Å². The van der Waals surface area contributed by atoms with Crippen LogP contribution in [0, 0.1) is 0 Å². The van der Waals surface area contributed by atoms with Gasteiger partial charge in [0, 0.05) is 38.4 Å². The maximum atomic E-state index is 12.2. The highest BCUT2D eigenvalue weighted by Crippen LogP contribution is 2.13.